The Kier molecular flexibility index (Phi) is 8.78. The van der Waals surface area contributed by atoms with Crippen LogP contribution in [0.5, 0.6) is 0 Å². The molecule has 0 radical (unpaired) electrons. The third-order valence-corrected chi connectivity index (χ3v) is 6.42. The first-order chi connectivity index (χ1) is 19.6. The van der Waals surface area contributed by atoms with Gasteiger partial charge in [-0.2, -0.15) is 13.2 Å². The number of aromatic nitrogens is 4. The Morgan fingerprint density at radius 2 is 1.76 bits per heavy atom. The minimum absolute atomic E-state index is 0.00450. The van der Waals surface area contributed by atoms with Gasteiger partial charge < -0.3 is 19.5 Å². The van der Waals surface area contributed by atoms with Crippen LogP contribution in [0.15, 0.2) is 36.5 Å². The molecule has 0 unspecified atom stereocenters. The molecule has 0 saturated heterocycles. The van der Waals surface area contributed by atoms with Crippen molar-refractivity contribution in [3.63, 3.8) is 0 Å². The second kappa shape index (κ2) is 12.0. The zero-order valence-corrected chi connectivity index (χ0v) is 22.9. The van der Waals surface area contributed by atoms with Crippen molar-refractivity contribution in [1.29, 1.82) is 0 Å². The highest BCUT2D eigenvalue weighted by Gasteiger charge is 2.43. The van der Waals surface area contributed by atoms with Crippen molar-refractivity contribution in [2.24, 2.45) is 0 Å². The summed E-state index contributed by atoms with van der Waals surface area (Å²) in [4.78, 5) is 31.8. The summed E-state index contributed by atoms with van der Waals surface area (Å²) in [5, 5.41) is 9.55. The van der Waals surface area contributed by atoms with Gasteiger partial charge in [0.15, 0.2) is 17.5 Å². The maximum Gasteiger partial charge on any atom is 0.451 e. The van der Waals surface area contributed by atoms with Crippen LogP contribution >= 0.6 is 0 Å². The molecule has 0 fully saturated rings. The highest BCUT2D eigenvalue weighted by atomic mass is 19.4. The van der Waals surface area contributed by atoms with Crippen LogP contribution in [0.2, 0.25) is 0 Å². The van der Waals surface area contributed by atoms with Crippen molar-refractivity contribution >= 4 is 12.0 Å². The van der Waals surface area contributed by atoms with Gasteiger partial charge >= 0.3 is 12.3 Å². The maximum absolute atomic E-state index is 14.5. The largest absolute Gasteiger partial charge is 0.451 e. The second-order valence-electron chi connectivity index (χ2n) is 10.8. The predicted molar refractivity (Wildman–Crippen MR) is 135 cm³/mol. The fourth-order valence-corrected chi connectivity index (χ4v) is 4.67. The van der Waals surface area contributed by atoms with Gasteiger partial charge in [0.1, 0.15) is 11.4 Å². The number of rotatable bonds is 7. The molecule has 3 heterocycles. The lowest BCUT2D eigenvalue weighted by atomic mass is 10.00. The van der Waals surface area contributed by atoms with E-state index in [1.165, 1.54) is 11.1 Å². The van der Waals surface area contributed by atoms with Crippen LogP contribution in [0.3, 0.4) is 0 Å². The average molecular weight is 599 g/mol. The normalized spacial score (nSPS) is 16.1. The van der Waals surface area contributed by atoms with E-state index in [1.807, 2.05) is 0 Å². The lowest BCUT2D eigenvalue weighted by Crippen LogP contribution is -2.48. The molecule has 1 aromatic carbocycles. The molecule has 4 rings (SSSR count). The minimum Gasteiger partial charge on any atom is -0.444 e. The number of alkyl halides is 3. The highest BCUT2D eigenvalue weighted by Crippen LogP contribution is 2.34. The first kappa shape index (κ1) is 30.8. The molecule has 0 bridgehead atoms. The molecule has 9 nitrogen and oxygen atoms in total. The zero-order chi connectivity index (χ0) is 30.8. The van der Waals surface area contributed by atoms with Crippen molar-refractivity contribution in [3.8, 4) is 0 Å². The molecule has 1 aliphatic heterocycles. The maximum atomic E-state index is 14.5. The number of amides is 2. The number of fused-ring (bicyclic) bond motifs is 1. The first-order valence-corrected chi connectivity index (χ1v) is 12.9. The summed E-state index contributed by atoms with van der Waals surface area (Å²) in [7, 11) is 0. The number of nitrogens with zero attached hydrogens (tertiary/aromatic N) is 5. The van der Waals surface area contributed by atoms with Crippen LogP contribution in [0.1, 0.15) is 56.1 Å². The molecular weight excluding hydrogens is 570 g/mol. The Morgan fingerprint density at radius 1 is 1.05 bits per heavy atom. The van der Waals surface area contributed by atoms with E-state index in [1.54, 1.807) is 39.0 Å². The van der Waals surface area contributed by atoms with Crippen molar-refractivity contribution < 1.29 is 40.7 Å². The molecule has 0 saturated carbocycles. The SMILES string of the molecule is CC(C)(C)OC(=O)N[C@@H](CC(=O)N1CCn2c(nnc2C(F)(F)F)[C@H]1Cc1ccccn1)Cc1cc(F)c(F)cc1F. The van der Waals surface area contributed by atoms with Gasteiger partial charge in [-0.3, -0.25) is 9.78 Å². The van der Waals surface area contributed by atoms with E-state index in [9.17, 15) is 35.9 Å². The van der Waals surface area contributed by atoms with Gasteiger partial charge in [-0.25, -0.2) is 18.0 Å². The third-order valence-electron chi connectivity index (χ3n) is 6.42. The first-order valence-electron chi connectivity index (χ1n) is 12.9. The molecule has 2 atom stereocenters. The lowest BCUT2D eigenvalue weighted by Gasteiger charge is -2.36. The zero-order valence-electron chi connectivity index (χ0n) is 22.9. The van der Waals surface area contributed by atoms with Crippen molar-refractivity contribution in [3.05, 3.63) is 76.9 Å². The molecule has 226 valence electrons. The molecular formula is C27H28F6N6O3. The molecule has 1 aliphatic rings. The monoisotopic (exact) mass is 598 g/mol. The molecule has 2 amide bonds. The smallest absolute Gasteiger partial charge is 0.444 e. The Balaban J connectivity index is 1.64. The average Bonchev–Trinajstić information content (AvgIpc) is 3.32. The summed E-state index contributed by atoms with van der Waals surface area (Å²) in [6.07, 6.45) is -5.11. The van der Waals surface area contributed by atoms with Crippen LogP contribution < -0.4 is 5.32 Å². The van der Waals surface area contributed by atoms with Crippen LogP contribution in [0, 0.1) is 17.5 Å². The standard InChI is InChI=1S/C27H28F6N6O3/c1-26(2,3)42-25(41)35-17(10-15-11-19(29)20(30)14-18(15)28)13-22(40)38-8-9-39-23(36-37-24(39)27(31,32)33)21(38)12-16-6-4-5-7-34-16/h4-7,11,14,17,21H,8-10,12-13H2,1-3H3,(H,35,41)/t17-,21-/m1/s1. The van der Waals surface area contributed by atoms with Crippen LogP contribution in [-0.2, 0) is 35.1 Å². The molecule has 42 heavy (non-hydrogen) atoms. The van der Waals surface area contributed by atoms with E-state index >= 15 is 0 Å². The van der Waals surface area contributed by atoms with Crippen molar-refractivity contribution in [1.82, 2.24) is 30.0 Å². The number of benzene rings is 1. The van der Waals surface area contributed by atoms with Gasteiger partial charge in [0, 0.05) is 49.9 Å². The second-order valence-corrected chi connectivity index (χ2v) is 10.8. The van der Waals surface area contributed by atoms with Crippen LogP contribution in [-0.4, -0.2) is 54.8 Å². The number of halogens is 6. The molecule has 2 aromatic heterocycles. The Labute approximate surface area is 236 Å². The fourth-order valence-electron chi connectivity index (χ4n) is 4.67. The summed E-state index contributed by atoms with van der Waals surface area (Å²) >= 11 is 0. The van der Waals surface area contributed by atoms with Gasteiger partial charge in [-0.05, 0) is 51.0 Å². The molecule has 15 heteroatoms. The number of pyridine rings is 1. The summed E-state index contributed by atoms with van der Waals surface area (Å²) in [5.74, 6) is -5.74. The van der Waals surface area contributed by atoms with Crippen molar-refractivity contribution in [2.75, 3.05) is 6.54 Å². The summed E-state index contributed by atoms with van der Waals surface area (Å²) in [5.41, 5.74) is -0.758. The van der Waals surface area contributed by atoms with E-state index in [0.29, 0.717) is 17.8 Å². The van der Waals surface area contributed by atoms with Gasteiger partial charge in [0.05, 0.1) is 6.04 Å². The van der Waals surface area contributed by atoms with Gasteiger partial charge in [-0.1, -0.05) is 6.07 Å². The van der Waals surface area contributed by atoms with Crippen LogP contribution in [0.4, 0.5) is 31.1 Å². The minimum atomic E-state index is -4.77. The lowest BCUT2D eigenvalue weighted by molar-refractivity contribution is -0.148. The summed E-state index contributed by atoms with van der Waals surface area (Å²) < 4.78 is 88.8. The van der Waals surface area contributed by atoms with Crippen molar-refractivity contribution in [2.45, 2.75) is 70.4 Å². The number of hydrogen-bond donors (Lipinski definition) is 1. The highest BCUT2D eigenvalue weighted by molar-refractivity contribution is 5.78. The summed E-state index contributed by atoms with van der Waals surface area (Å²) in [6, 6.07) is 3.80. The van der Waals surface area contributed by atoms with Crippen LogP contribution in [0.25, 0.3) is 0 Å². The van der Waals surface area contributed by atoms with E-state index < -0.39 is 72.0 Å². The topological polar surface area (TPSA) is 102 Å². The van der Waals surface area contributed by atoms with E-state index in [0.717, 1.165) is 4.57 Å². The number of carbonyl (C=O) groups is 2. The van der Waals surface area contributed by atoms with Gasteiger partial charge in [0.25, 0.3) is 0 Å². The van der Waals surface area contributed by atoms with E-state index in [-0.39, 0.29) is 30.9 Å². The van der Waals surface area contributed by atoms with E-state index in [4.69, 9.17) is 4.74 Å². The Morgan fingerprint density at radius 3 is 2.40 bits per heavy atom. The number of carbonyl (C=O) groups excluding carboxylic acids is 2. The number of nitrogens with one attached hydrogen (secondary N) is 1. The molecule has 0 spiro atoms. The van der Waals surface area contributed by atoms with Gasteiger partial charge in [-0.15, -0.1) is 10.2 Å². The molecule has 0 aliphatic carbocycles. The molecule has 1 N–H and O–H groups in total. The quantitative estimate of drug-likeness (QED) is 0.311. The predicted octanol–water partition coefficient (Wildman–Crippen LogP) is 4.76. The third kappa shape index (κ3) is 7.36. The molecule has 3 aromatic rings. The van der Waals surface area contributed by atoms with E-state index in [2.05, 4.69) is 20.5 Å². The number of alkyl carbamates (subject to hydrolysis) is 1. The Bertz CT molecular complexity index is 1440. The van der Waals surface area contributed by atoms with Gasteiger partial charge in [0.2, 0.25) is 11.7 Å². The number of ether oxygens (including phenoxy) is 1. The number of hydrogen-bond acceptors (Lipinski definition) is 6. The summed E-state index contributed by atoms with van der Waals surface area (Å²) in [6.45, 7) is 4.38. The Hall–Kier alpha value is -4.17. The fraction of sp³-hybridized carbons (Fsp3) is 0.444.